The number of benzene rings is 1. The van der Waals surface area contributed by atoms with Gasteiger partial charge in [0.1, 0.15) is 5.82 Å². The van der Waals surface area contributed by atoms with Crippen molar-refractivity contribution < 1.29 is 9.13 Å². The van der Waals surface area contributed by atoms with Crippen LogP contribution in [0.15, 0.2) is 22.7 Å². The molecule has 0 saturated heterocycles. The van der Waals surface area contributed by atoms with Gasteiger partial charge in [-0.15, -0.1) is 0 Å². The van der Waals surface area contributed by atoms with Crippen molar-refractivity contribution in [3.63, 3.8) is 0 Å². The Balaban J connectivity index is 2.91. The molecular weight excluding hydrogens is 285 g/mol. The lowest BCUT2D eigenvalue weighted by Gasteiger charge is -2.22. The van der Waals surface area contributed by atoms with Gasteiger partial charge in [-0.1, -0.05) is 22.9 Å². The van der Waals surface area contributed by atoms with Crippen molar-refractivity contribution in [2.45, 2.75) is 32.4 Å². The Labute approximate surface area is 111 Å². The predicted molar refractivity (Wildman–Crippen MR) is 71.6 cm³/mol. The maximum absolute atomic E-state index is 13.8. The van der Waals surface area contributed by atoms with Gasteiger partial charge in [0.05, 0.1) is 6.10 Å². The van der Waals surface area contributed by atoms with Crippen LogP contribution < -0.4 is 5.32 Å². The van der Waals surface area contributed by atoms with E-state index >= 15 is 0 Å². The van der Waals surface area contributed by atoms with E-state index in [1.807, 2.05) is 19.9 Å². The molecule has 0 heterocycles. The fourth-order valence-electron chi connectivity index (χ4n) is 1.78. The quantitative estimate of drug-likeness (QED) is 0.866. The highest BCUT2D eigenvalue weighted by molar-refractivity contribution is 9.10. The van der Waals surface area contributed by atoms with Gasteiger partial charge in [-0.2, -0.15) is 0 Å². The van der Waals surface area contributed by atoms with Crippen LogP contribution in [0.4, 0.5) is 4.39 Å². The molecule has 0 aromatic heterocycles. The van der Waals surface area contributed by atoms with E-state index in [-0.39, 0.29) is 18.0 Å². The maximum atomic E-state index is 13.8. The molecule has 1 aromatic carbocycles. The first-order valence-corrected chi connectivity index (χ1v) is 6.58. The SMILES string of the molecule is CCNC(CC(C)OC)c1cc(Br)ccc1F. The smallest absolute Gasteiger partial charge is 0.128 e. The Bertz CT molecular complexity index is 359. The summed E-state index contributed by atoms with van der Waals surface area (Å²) < 4.78 is 19.9. The van der Waals surface area contributed by atoms with Gasteiger partial charge in [0.2, 0.25) is 0 Å². The number of nitrogens with one attached hydrogen (secondary N) is 1. The third-order valence-corrected chi connectivity index (χ3v) is 3.25. The molecule has 0 aliphatic heterocycles. The summed E-state index contributed by atoms with van der Waals surface area (Å²) in [5.74, 6) is -0.178. The standard InChI is InChI=1S/C13H19BrFNO/c1-4-16-13(7-9(2)17-3)11-8-10(14)5-6-12(11)15/h5-6,8-9,13,16H,4,7H2,1-3H3. The lowest BCUT2D eigenvalue weighted by Crippen LogP contribution is -2.26. The first-order valence-electron chi connectivity index (χ1n) is 5.79. The molecule has 2 unspecified atom stereocenters. The molecule has 17 heavy (non-hydrogen) atoms. The highest BCUT2D eigenvalue weighted by Crippen LogP contribution is 2.25. The van der Waals surface area contributed by atoms with Gasteiger partial charge in [-0.05, 0) is 38.1 Å². The van der Waals surface area contributed by atoms with Crippen LogP contribution in [0.5, 0.6) is 0 Å². The van der Waals surface area contributed by atoms with E-state index in [1.165, 1.54) is 6.07 Å². The zero-order valence-electron chi connectivity index (χ0n) is 10.5. The molecule has 0 aliphatic carbocycles. The minimum absolute atomic E-state index is 0.0209. The van der Waals surface area contributed by atoms with Gasteiger partial charge in [0.15, 0.2) is 0 Å². The first-order chi connectivity index (χ1) is 8.08. The number of halogens is 2. The van der Waals surface area contributed by atoms with E-state index < -0.39 is 0 Å². The van der Waals surface area contributed by atoms with E-state index in [1.54, 1.807) is 13.2 Å². The van der Waals surface area contributed by atoms with Crippen LogP contribution in [-0.4, -0.2) is 19.8 Å². The monoisotopic (exact) mass is 303 g/mol. The van der Waals surface area contributed by atoms with Crippen LogP contribution in [0.3, 0.4) is 0 Å². The van der Waals surface area contributed by atoms with Crippen molar-refractivity contribution in [3.05, 3.63) is 34.1 Å². The average molecular weight is 304 g/mol. The van der Waals surface area contributed by atoms with Gasteiger partial charge in [0.25, 0.3) is 0 Å². The van der Waals surface area contributed by atoms with E-state index in [0.29, 0.717) is 5.56 Å². The van der Waals surface area contributed by atoms with Gasteiger partial charge in [-0.3, -0.25) is 0 Å². The third-order valence-electron chi connectivity index (χ3n) is 2.75. The highest BCUT2D eigenvalue weighted by atomic mass is 79.9. The van der Waals surface area contributed by atoms with Crippen LogP contribution in [0, 0.1) is 5.82 Å². The second-order valence-electron chi connectivity index (χ2n) is 4.06. The van der Waals surface area contributed by atoms with Crippen molar-refractivity contribution in [3.8, 4) is 0 Å². The summed E-state index contributed by atoms with van der Waals surface area (Å²) in [5, 5.41) is 3.29. The molecule has 4 heteroatoms. The van der Waals surface area contributed by atoms with E-state index in [2.05, 4.69) is 21.2 Å². The summed E-state index contributed by atoms with van der Waals surface area (Å²) in [6, 6.07) is 5.00. The lowest BCUT2D eigenvalue weighted by atomic mass is 10.0. The van der Waals surface area contributed by atoms with Crippen LogP contribution in [0.25, 0.3) is 0 Å². The number of ether oxygens (including phenoxy) is 1. The molecule has 96 valence electrons. The number of rotatable bonds is 6. The van der Waals surface area contributed by atoms with Gasteiger partial charge < -0.3 is 10.1 Å². The largest absolute Gasteiger partial charge is 0.382 e. The van der Waals surface area contributed by atoms with Crippen molar-refractivity contribution >= 4 is 15.9 Å². The van der Waals surface area contributed by atoms with Crippen LogP contribution in [0.1, 0.15) is 31.9 Å². The Kier molecular flexibility index (Phi) is 6.09. The zero-order valence-corrected chi connectivity index (χ0v) is 12.1. The topological polar surface area (TPSA) is 21.3 Å². The molecule has 0 spiro atoms. The fraction of sp³-hybridized carbons (Fsp3) is 0.538. The molecule has 2 nitrogen and oxygen atoms in total. The van der Waals surface area contributed by atoms with E-state index in [4.69, 9.17) is 4.74 Å². The van der Waals surface area contributed by atoms with Crippen LogP contribution in [0.2, 0.25) is 0 Å². The van der Waals surface area contributed by atoms with E-state index in [0.717, 1.165) is 17.4 Å². The molecule has 0 radical (unpaired) electrons. The van der Waals surface area contributed by atoms with Crippen molar-refractivity contribution in [1.82, 2.24) is 5.32 Å². The molecule has 1 N–H and O–H groups in total. The van der Waals surface area contributed by atoms with Crippen molar-refractivity contribution in [2.75, 3.05) is 13.7 Å². The fourth-order valence-corrected chi connectivity index (χ4v) is 2.16. The number of hydrogen-bond acceptors (Lipinski definition) is 2. The Hall–Kier alpha value is -0.450. The second-order valence-corrected chi connectivity index (χ2v) is 4.97. The normalized spacial score (nSPS) is 14.6. The van der Waals surface area contributed by atoms with Crippen LogP contribution >= 0.6 is 15.9 Å². The van der Waals surface area contributed by atoms with Crippen molar-refractivity contribution in [1.29, 1.82) is 0 Å². The van der Waals surface area contributed by atoms with Crippen LogP contribution in [-0.2, 0) is 4.74 Å². The lowest BCUT2D eigenvalue weighted by molar-refractivity contribution is 0.100. The first kappa shape index (κ1) is 14.6. The molecule has 0 bridgehead atoms. The summed E-state index contributed by atoms with van der Waals surface area (Å²) in [5.41, 5.74) is 0.685. The summed E-state index contributed by atoms with van der Waals surface area (Å²) >= 11 is 3.37. The maximum Gasteiger partial charge on any atom is 0.128 e. The molecule has 0 amide bonds. The average Bonchev–Trinajstić information content (AvgIpc) is 2.31. The number of hydrogen-bond donors (Lipinski definition) is 1. The number of methoxy groups -OCH3 is 1. The summed E-state index contributed by atoms with van der Waals surface area (Å²) in [7, 11) is 1.67. The zero-order chi connectivity index (χ0) is 12.8. The predicted octanol–water partition coefficient (Wildman–Crippen LogP) is 3.66. The van der Waals surface area contributed by atoms with Crippen molar-refractivity contribution in [2.24, 2.45) is 0 Å². The molecule has 2 atom stereocenters. The molecule has 0 fully saturated rings. The Morgan fingerprint density at radius 2 is 2.18 bits per heavy atom. The molecule has 1 rings (SSSR count). The molecule has 0 saturated carbocycles. The Morgan fingerprint density at radius 1 is 1.47 bits per heavy atom. The Morgan fingerprint density at radius 3 is 2.76 bits per heavy atom. The summed E-state index contributed by atoms with van der Waals surface area (Å²) in [6.45, 7) is 4.80. The van der Waals surface area contributed by atoms with Gasteiger partial charge in [-0.25, -0.2) is 4.39 Å². The molecule has 0 aliphatic rings. The molecule has 1 aromatic rings. The van der Waals surface area contributed by atoms with Gasteiger partial charge >= 0.3 is 0 Å². The highest BCUT2D eigenvalue weighted by Gasteiger charge is 2.17. The van der Waals surface area contributed by atoms with Gasteiger partial charge in [0, 0.05) is 23.2 Å². The second kappa shape index (κ2) is 7.09. The van der Waals surface area contributed by atoms with E-state index in [9.17, 15) is 4.39 Å². The minimum Gasteiger partial charge on any atom is -0.382 e. The summed E-state index contributed by atoms with van der Waals surface area (Å²) in [4.78, 5) is 0. The minimum atomic E-state index is -0.178. The summed E-state index contributed by atoms with van der Waals surface area (Å²) in [6.07, 6.45) is 0.843. The third kappa shape index (κ3) is 4.37. The molecular formula is C13H19BrFNO.